The van der Waals surface area contributed by atoms with E-state index in [1.54, 1.807) is 0 Å². The molecule has 22 heavy (non-hydrogen) atoms. The Labute approximate surface area is 136 Å². The van der Waals surface area contributed by atoms with Crippen molar-refractivity contribution in [2.45, 2.75) is 13.8 Å². The lowest BCUT2D eigenvalue weighted by Crippen LogP contribution is -2.35. The van der Waals surface area contributed by atoms with E-state index < -0.39 is 0 Å². The number of carbonyl (C=O) groups excluding carboxylic acids is 2. The summed E-state index contributed by atoms with van der Waals surface area (Å²) in [6, 6.07) is 9.30. The highest BCUT2D eigenvalue weighted by molar-refractivity contribution is 8.00. The zero-order valence-electron chi connectivity index (χ0n) is 13.3. The molecule has 0 saturated carbocycles. The van der Waals surface area contributed by atoms with Crippen molar-refractivity contribution in [2.75, 3.05) is 43.0 Å². The monoisotopic (exact) mass is 323 g/mol. The van der Waals surface area contributed by atoms with Crippen LogP contribution in [0.15, 0.2) is 30.3 Å². The number of carbonyl (C=O) groups is 2. The molecule has 1 rings (SSSR count). The lowest BCUT2D eigenvalue weighted by molar-refractivity contribution is -0.118. The SMILES string of the molecule is CCN(CC)CCNC(=O)CSCC(=O)Nc1ccccc1. The Morgan fingerprint density at radius 1 is 1.05 bits per heavy atom. The van der Waals surface area contributed by atoms with Crippen molar-refractivity contribution in [3.05, 3.63) is 30.3 Å². The van der Waals surface area contributed by atoms with Gasteiger partial charge in [0.1, 0.15) is 0 Å². The van der Waals surface area contributed by atoms with Crippen molar-refractivity contribution < 1.29 is 9.59 Å². The van der Waals surface area contributed by atoms with Gasteiger partial charge in [-0.3, -0.25) is 9.59 Å². The zero-order valence-corrected chi connectivity index (χ0v) is 14.1. The van der Waals surface area contributed by atoms with Crippen molar-refractivity contribution in [1.29, 1.82) is 0 Å². The van der Waals surface area contributed by atoms with E-state index in [4.69, 9.17) is 0 Å². The number of amides is 2. The number of thioether (sulfide) groups is 1. The van der Waals surface area contributed by atoms with Crippen LogP contribution in [0.3, 0.4) is 0 Å². The first kappa shape index (κ1) is 18.5. The number of anilines is 1. The van der Waals surface area contributed by atoms with E-state index in [2.05, 4.69) is 29.4 Å². The van der Waals surface area contributed by atoms with E-state index in [-0.39, 0.29) is 17.6 Å². The van der Waals surface area contributed by atoms with Crippen molar-refractivity contribution in [3.63, 3.8) is 0 Å². The summed E-state index contributed by atoms with van der Waals surface area (Å²) in [6.45, 7) is 7.69. The molecule has 0 aliphatic rings. The molecule has 0 radical (unpaired) electrons. The molecule has 0 aliphatic heterocycles. The summed E-state index contributed by atoms with van der Waals surface area (Å²) in [5, 5.41) is 5.66. The Bertz CT molecular complexity index is 450. The van der Waals surface area contributed by atoms with Crippen molar-refractivity contribution in [2.24, 2.45) is 0 Å². The number of nitrogens with zero attached hydrogens (tertiary/aromatic N) is 1. The first-order chi connectivity index (χ1) is 10.7. The molecular formula is C16H25N3O2S. The molecule has 0 unspecified atom stereocenters. The molecule has 6 heteroatoms. The quantitative estimate of drug-likeness (QED) is 0.689. The maximum atomic E-state index is 11.7. The first-order valence-corrected chi connectivity index (χ1v) is 8.72. The molecule has 0 saturated heterocycles. The van der Waals surface area contributed by atoms with Gasteiger partial charge >= 0.3 is 0 Å². The van der Waals surface area contributed by atoms with E-state index >= 15 is 0 Å². The average molecular weight is 323 g/mol. The molecule has 0 bridgehead atoms. The van der Waals surface area contributed by atoms with Gasteiger partial charge in [0.25, 0.3) is 0 Å². The zero-order chi connectivity index (χ0) is 16.2. The van der Waals surface area contributed by atoms with E-state index in [0.29, 0.717) is 12.3 Å². The van der Waals surface area contributed by atoms with E-state index in [0.717, 1.165) is 25.3 Å². The lowest BCUT2D eigenvalue weighted by atomic mass is 10.3. The van der Waals surface area contributed by atoms with Crippen LogP contribution in [0.1, 0.15) is 13.8 Å². The minimum Gasteiger partial charge on any atom is -0.354 e. The molecule has 1 aromatic carbocycles. The smallest absolute Gasteiger partial charge is 0.234 e. The Hall–Kier alpha value is -1.53. The number of likely N-dealkylation sites (N-methyl/N-ethyl adjacent to an activating group) is 1. The molecule has 0 atom stereocenters. The Balaban J connectivity index is 2.10. The molecule has 0 aromatic heterocycles. The highest BCUT2D eigenvalue weighted by atomic mass is 32.2. The average Bonchev–Trinajstić information content (AvgIpc) is 2.52. The minimum absolute atomic E-state index is 0.0235. The number of benzene rings is 1. The van der Waals surface area contributed by atoms with Crippen LogP contribution in [0.4, 0.5) is 5.69 Å². The Morgan fingerprint density at radius 3 is 2.32 bits per heavy atom. The van der Waals surface area contributed by atoms with Crippen LogP contribution in [-0.4, -0.2) is 54.4 Å². The third kappa shape index (κ3) is 8.05. The highest BCUT2D eigenvalue weighted by Crippen LogP contribution is 2.06. The number of hydrogen-bond donors (Lipinski definition) is 2. The van der Waals surface area contributed by atoms with Crippen molar-refractivity contribution in [3.8, 4) is 0 Å². The summed E-state index contributed by atoms with van der Waals surface area (Å²) in [6.07, 6.45) is 0. The van der Waals surface area contributed by atoms with Gasteiger partial charge in [-0.1, -0.05) is 32.0 Å². The minimum atomic E-state index is -0.0906. The molecule has 122 valence electrons. The van der Waals surface area contributed by atoms with Gasteiger partial charge in [0.05, 0.1) is 11.5 Å². The predicted octanol–water partition coefficient (Wildman–Crippen LogP) is 1.82. The molecular weight excluding hydrogens is 298 g/mol. The second-order valence-electron chi connectivity index (χ2n) is 4.78. The Morgan fingerprint density at radius 2 is 1.68 bits per heavy atom. The molecule has 5 nitrogen and oxygen atoms in total. The summed E-state index contributed by atoms with van der Waals surface area (Å²) in [5.41, 5.74) is 0.775. The molecule has 2 amide bonds. The molecule has 0 spiro atoms. The highest BCUT2D eigenvalue weighted by Gasteiger charge is 2.06. The lowest BCUT2D eigenvalue weighted by Gasteiger charge is -2.17. The van der Waals surface area contributed by atoms with Gasteiger partial charge in [-0.2, -0.15) is 0 Å². The molecule has 0 heterocycles. The van der Waals surface area contributed by atoms with Crippen LogP contribution in [0.2, 0.25) is 0 Å². The van der Waals surface area contributed by atoms with Gasteiger partial charge in [-0.15, -0.1) is 11.8 Å². The summed E-state index contributed by atoms with van der Waals surface area (Å²) in [7, 11) is 0. The maximum absolute atomic E-state index is 11.7. The van der Waals surface area contributed by atoms with Crippen LogP contribution in [0, 0.1) is 0 Å². The third-order valence-corrected chi connectivity index (χ3v) is 4.10. The number of nitrogens with one attached hydrogen (secondary N) is 2. The van der Waals surface area contributed by atoms with Crippen LogP contribution in [-0.2, 0) is 9.59 Å². The van der Waals surface area contributed by atoms with E-state index in [1.807, 2.05) is 30.3 Å². The van der Waals surface area contributed by atoms with Gasteiger partial charge in [-0.25, -0.2) is 0 Å². The largest absolute Gasteiger partial charge is 0.354 e. The topological polar surface area (TPSA) is 61.4 Å². The van der Waals surface area contributed by atoms with Gasteiger partial charge < -0.3 is 15.5 Å². The third-order valence-electron chi connectivity index (χ3n) is 3.17. The molecule has 1 aromatic rings. The van der Waals surface area contributed by atoms with Gasteiger partial charge in [0.15, 0.2) is 0 Å². The fraction of sp³-hybridized carbons (Fsp3) is 0.500. The fourth-order valence-electron chi connectivity index (χ4n) is 1.90. The summed E-state index contributed by atoms with van der Waals surface area (Å²) in [5.74, 6) is 0.468. The summed E-state index contributed by atoms with van der Waals surface area (Å²) < 4.78 is 0. The molecule has 0 aliphatic carbocycles. The van der Waals surface area contributed by atoms with Crippen LogP contribution in [0.5, 0.6) is 0 Å². The fourth-order valence-corrected chi connectivity index (χ4v) is 2.55. The second-order valence-corrected chi connectivity index (χ2v) is 5.77. The van der Waals surface area contributed by atoms with E-state index in [9.17, 15) is 9.59 Å². The van der Waals surface area contributed by atoms with Gasteiger partial charge in [0.2, 0.25) is 11.8 Å². The van der Waals surface area contributed by atoms with Crippen LogP contribution >= 0.6 is 11.8 Å². The van der Waals surface area contributed by atoms with Gasteiger partial charge in [-0.05, 0) is 25.2 Å². The molecule has 0 fully saturated rings. The summed E-state index contributed by atoms with van der Waals surface area (Å²) in [4.78, 5) is 25.6. The first-order valence-electron chi connectivity index (χ1n) is 7.57. The standard InChI is InChI=1S/C16H25N3O2S/c1-3-19(4-2)11-10-17-15(20)12-22-13-16(21)18-14-8-6-5-7-9-14/h5-9H,3-4,10-13H2,1-2H3,(H,17,20)(H,18,21). The summed E-state index contributed by atoms with van der Waals surface area (Å²) >= 11 is 1.32. The Kier molecular flexibility index (Phi) is 9.34. The normalized spacial score (nSPS) is 10.5. The number of hydrogen-bond acceptors (Lipinski definition) is 4. The van der Waals surface area contributed by atoms with Crippen molar-refractivity contribution >= 4 is 29.3 Å². The predicted molar refractivity (Wildman–Crippen MR) is 93.2 cm³/mol. The number of para-hydroxylation sites is 1. The van der Waals surface area contributed by atoms with Crippen molar-refractivity contribution in [1.82, 2.24) is 10.2 Å². The number of rotatable bonds is 10. The second kappa shape index (κ2) is 11.1. The van der Waals surface area contributed by atoms with Gasteiger partial charge in [0, 0.05) is 18.8 Å². The van der Waals surface area contributed by atoms with E-state index in [1.165, 1.54) is 11.8 Å². The van der Waals surface area contributed by atoms with Crippen LogP contribution in [0.25, 0.3) is 0 Å². The molecule has 2 N–H and O–H groups in total. The maximum Gasteiger partial charge on any atom is 0.234 e. The van der Waals surface area contributed by atoms with Crippen LogP contribution < -0.4 is 10.6 Å².